The lowest BCUT2D eigenvalue weighted by atomic mass is 10.2. The Morgan fingerprint density at radius 1 is 0.933 bits per heavy atom. The molecule has 1 N–H and O–H groups in total. The number of hydrogen-bond donors (Lipinski definition) is 1. The van der Waals surface area contributed by atoms with E-state index in [1.54, 1.807) is 41.0 Å². The van der Waals surface area contributed by atoms with Crippen LogP contribution in [0.3, 0.4) is 0 Å². The highest BCUT2D eigenvalue weighted by molar-refractivity contribution is 7.20. The number of para-hydroxylation sites is 2. The summed E-state index contributed by atoms with van der Waals surface area (Å²) in [7, 11) is 0. The Morgan fingerprint density at radius 2 is 1.73 bits per heavy atom. The maximum absolute atomic E-state index is 13.4. The molecule has 146 valence electrons. The zero-order valence-corrected chi connectivity index (χ0v) is 16.9. The number of thiazole rings is 1. The van der Waals surface area contributed by atoms with Crippen molar-refractivity contribution in [2.45, 2.75) is 6.92 Å². The predicted molar refractivity (Wildman–Crippen MR) is 122 cm³/mol. The number of phenols is 1. The molecule has 5 nitrogen and oxygen atoms in total. The second-order valence-electron chi connectivity index (χ2n) is 6.99. The van der Waals surface area contributed by atoms with Gasteiger partial charge in [-0.05, 0) is 55.0 Å². The summed E-state index contributed by atoms with van der Waals surface area (Å²) in [4.78, 5) is 22.8. The van der Waals surface area contributed by atoms with Crippen molar-refractivity contribution in [3.8, 4) is 10.9 Å². The number of phenolic OH excluding ortho intramolecular Hbond substituents is 1. The van der Waals surface area contributed by atoms with Crippen LogP contribution in [0.1, 0.15) is 17.0 Å². The summed E-state index contributed by atoms with van der Waals surface area (Å²) in [6.07, 6.45) is 3.49. The van der Waals surface area contributed by atoms with Crippen LogP contribution in [0.25, 0.3) is 38.4 Å². The van der Waals surface area contributed by atoms with Gasteiger partial charge in [0, 0.05) is 5.56 Å². The van der Waals surface area contributed by atoms with Crippen molar-refractivity contribution in [3.63, 3.8) is 0 Å². The van der Waals surface area contributed by atoms with Crippen LogP contribution < -0.4 is 5.56 Å². The number of benzene rings is 3. The number of aryl methyl sites for hydroxylation is 1. The Labute approximate surface area is 176 Å². The first-order valence-electron chi connectivity index (χ1n) is 9.45. The molecule has 0 saturated carbocycles. The summed E-state index contributed by atoms with van der Waals surface area (Å²) in [5.74, 6) is 0.622. The third-order valence-electron chi connectivity index (χ3n) is 4.87. The number of hydrogen-bond acceptors (Lipinski definition) is 5. The summed E-state index contributed by atoms with van der Waals surface area (Å²) in [6.45, 7) is 2.03. The van der Waals surface area contributed by atoms with E-state index in [-0.39, 0.29) is 11.3 Å². The molecule has 0 fully saturated rings. The zero-order valence-electron chi connectivity index (χ0n) is 16.1. The van der Waals surface area contributed by atoms with Gasteiger partial charge in [0.1, 0.15) is 11.6 Å². The van der Waals surface area contributed by atoms with Gasteiger partial charge in [-0.25, -0.2) is 14.5 Å². The molecule has 5 aromatic rings. The number of fused-ring (bicyclic) bond motifs is 2. The molecular weight excluding hydrogens is 394 g/mol. The fraction of sp³-hybridized carbons (Fsp3) is 0.0417. The standard InChI is InChI=1S/C24H17N3O2S/c1-15-10-12-19-21(14-15)30-24(26-19)27-22(13-11-16-6-2-5-9-20(16)28)25-18-8-4-3-7-17(18)23(27)29/h2-14,28H,1H3/b13-11+. The van der Waals surface area contributed by atoms with Gasteiger partial charge in [-0.3, -0.25) is 4.79 Å². The van der Waals surface area contributed by atoms with Gasteiger partial charge < -0.3 is 5.11 Å². The third kappa shape index (κ3) is 3.17. The molecular formula is C24H17N3O2S. The number of aromatic hydroxyl groups is 1. The highest BCUT2D eigenvalue weighted by atomic mass is 32.1. The van der Waals surface area contributed by atoms with E-state index in [0.29, 0.717) is 27.4 Å². The molecule has 0 saturated heterocycles. The molecule has 2 aromatic heterocycles. The first-order chi connectivity index (χ1) is 14.6. The van der Waals surface area contributed by atoms with E-state index in [0.717, 1.165) is 15.8 Å². The van der Waals surface area contributed by atoms with Crippen LogP contribution >= 0.6 is 11.3 Å². The molecule has 2 heterocycles. The largest absolute Gasteiger partial charge is 0.507 e. The van der Waals surface area contributed by atoms with Crippen LogP contribution in [0.4, 0.5) is 0 Å². The summed E-state index contributed by atoms with van der Waals surface area (Å²) >= 11 is 1.45. The number of nitrogens with zero attached hydrogens (tertiary/aromatic N) is 3. The van der Waals surface area contributed by atoms with Crippen LogP contribution in [0.5, 0.6) is 5.75 Å². The van der Waals surface area contributed by atoms with Gasteiger partial charge in [-0.1, -0.05) is 47.7 Å². The number of aromatic nitrogens is 3. The van der Waals surface area contributed by atoms with Crippen LogP contribution in [0, 0.1) is 6.92 Å². The van der Waals surface area contributed by atoms with Crippen molar-refractivity contribution in [2.24, 2.45) is 0 Å². The Morgan fingerprint density at radius 3 is 2.60 bits per heavy atom. The zero-order chi connectivity index (χ0) is 20.7. The molecule has 0 amide bonds. The van der Waals surface area contributed by atoms with Crippen molar-refractivity contribution in [1.82, 2.24) is 14.5 Å². The Hall–Kier alpha value is -3.77. The highest BCUT2D eigenvalue weighted by Gasteiger charge is 2.15. The quantitative estimate of drug-likeness (QED) is 0.444. The number of rotatable bonds is 3. The summed E-state index contributed by atoms with van der Waals surface area (Å²) < 4.78 is 2.56. The second-order valence-corrected chi connectivity index (χ2v) is 8.00. The molecule has 5 rings (SSSR count). The first kappa shape index (κ1) is 18.3. The molecule has 0 radical (unpaired) electrons. The van der Waals surface area contributed by atoms with Crippen LogP contribution in [0.2, 0.25) is 0 Å². The van der Waals surface area contributed by atoms with Crippen LogP contribution in [-0.4, -0.2) is 19.6 Å². The Bertz CT molecular complexity index is 1500. The van der Waals surface area contributed by atoms with E-state index in [2.05, 4.69) is 11.1 Å². The van der Waals surface area contributed by atoms with Crippen LogP contribution in [0.15, 0.2) is 71.5 Å². The fourth-order valence-electron chi connectivity index (χ4n) is 3.35. The van der Waals surface area contributed by atoms with E-state index in [1.807, 2.05) is 43.3 Å². The molecule has 30 heavy (non-hydrogen) atoms. The molecule has 0 bridgehead atoms. The van der Waals surface area contributed by atoms with Gasteiger partial charge in [0.2, 0.25) is 0 Å². The minimum atomic E-state index is -0.173. The molecule has 0 aliphatic heterocycles. The maximum Gasteiger partial charge on any atom is 0.268 e. The van der Waals surface area contributed by atoms with Crippen molar-refractivity contribution in [3.05, 3.63) is 94.0 Å². The summed E-state index contributed by atoms with van der Waals surface area (Å²) in [6, 6.07) is 20.3. The molecule has 0 spiro atoms. The molecule has 0 atom stereocenters. The highest BCUT2D eigenvalue weighted by Crippen LogP contribution is 2.27. The molecule has 0 unspecified atom stereocenters. The minimum absolute atomic E-state index is 0.166. The Balaban J connectivity index is 1.76. The van der Waals surface area contributed by atoms with Gasteiger partial charge >= 0.3 is 0 Å². The van der Waals surface area contributed by atoms with Gasteiger partial charge in [0.05, 0.1) is 21.1 Å². The topological polar surface area (TPSA) is 68.0 Å². The molecule has 0 aliphatic carbocycles. The van der Waals surface area contributed by atoms with E-state index in [9.17, 15) is 9.90 Å². The van der Waals surface area contributed by atoms with Gasteiger partial charge in [-0.2, -0.15) is 0 Å². The van der Waals surface area contributed by atoms with E-state index in [4.69, 9.17) is 4.98 Å². The second kappa shape index (κ2) is 7.24. The maximum atomic E-state index is 13.4. The average molecular weight is 411 g/mol. The Kier molecular flexibility index (Phi) is 4.41. The first-order valence-corrected chi connectivity index (χ1v) is 10.3. The van der Waals surface area contributed by atoms with Crippen LogP contribution in [-0.2, 0) is 0 Å². The van der Waals surface area contributed by atoms with E-state index in [1.165, 1.54) is 11.3 Å². The SMILES string of the molecule is Cc1ccc2nc(-n3c(/C=C/c4ccccc4O)nc4ccccc4c3=O)sc2c1. The summed E-state index contributed by atoms with van der Waals surface area (Å²) in [5.41, 5.74) is 3.07. The monoisotopic (exact) mass is 411 g/mol. The van der Waals surface area contributed by atoms with Gasteiger partial charge in [0.15, 0.2) is 5.13 Å². The normalized spacial score (nSPS) is 11.6. The van der Waals surface area contributed by atoms with Gasteiger partial charge in [-0.15, -0.1) is 0 Å². The van der Waals surface area contributed by atoms with Crippen molar-refractivity contribution in [2.75, 3.05) is 0 Å². The molecule has 6 heteroatoms. The molecule has 3 aromatic carbocycles. The lowest BCUT2D eigenvalue weighted by molar-refractivity contribution is 0.474. The minimum Gasteiger partial charge on any atom is -0.507 e. The lowest BCUT2D eigenvalue weighted by Crippen LogP contribution is -2.22. The fourth-order valence-corrected chi connectivity index (χ4v) is 4.43. The molecule has 0 aliphatic rings. The predicted octanol–water partition coefficient (Wildman–Crippen LogP) is 5.18. The van der Waals surface area contributed by atoms with Crippen molar-refractivity contribution < 1.29 is 5.11 Å². The van der Waals surface area contributed by atoms with Crippen molar-refractivity contribution >= 4 is 44.6 Å². The van der Waals surface area contributed by atoms with Gasteiger partial charge in [0.25, 0.3) is 5.56 Å². The third-order valence-corrected chi connectivity index (χ3v) is 5.88. The average Bonchev–Trinajstić information content (AvgIpc) is 3.16. The smallest absolute Gasteiger partial charge is 0.268 e. The van der Waals surface area contributed by atoms with E-state index < -0.39 is 0 Å². The summed E-state index contributed by atoms with van der Waals surface area (Å²) in [5, 5.41) is 11.2. The lowest BCUT2D eigenvalue weighted by Gasteiger charge is -2.08. The van der Waals surface area contributed by atoms with Crippen molar-refractivity contribution in [1.29, 1.82) is 0 Å². The van der Waals surface area contributed by atoms with E-state index >= 15 is 0 Å².